The third-order valence-electron chi connectivity index (χ3n) is 0.222. The summed E-state index contributed by atoms with van der Waals surface area (Å²) in [5, 5.41) is 0. The second kappa shape index (κ2) is 6.82. The molecule has 48 valence electrons. The van der Waals surface area contributed by atoms with Gasteiger partial charge in [-0.3, -0.25) is 0 Å². The van der Waals surface area contributed by atoms with Crippen LogP contribution in [0.4, 0.5) is 0 Å². The van der Waals surface area contributed by atoms with Gasteiger partial charge in [0.15, 0.2) is 0 Å². The molecule has 0 aliphatic carbocycles. The van der Waals surface area contributed by atoms with E-state index in [-0.39, 0.29) is 0 Å². The molecule has 0 radical (unpaired) electrons. The normalized spacial score (nSPS) is 24.0. The molecule has 0 bridgehead atoms. The Morgan fingerprint density at radius 2 is 1.00 bits per heavy atom. The van der Waals surface area contributed by atoms with Crippen molar-refractivity contribution >= 4 is 81.9 Å². The summed E-state index contributed by atoms with van der Waals surface area (Å²) < 4.78 is 0. The zero-order valence-electron chi connectivity index (χ0n) is 3.27. The van der Waals surface area contributed by atoms with E-state index >= 15 is 0 Å². The van der Waals surface area contributed by atoms with Crippen molar-refractivity contribution < 1.29 is 0 Å². The topological polar surface area (TPSA) is 0 Å². The molecule has 0 nitrogen and oxygen atoms in total. The van der Waals surface area contributed by atoms with Crippen LogP contribution < -0.4 is 0 Å². The first-order valence-electron chi connectivity index (χ1n) is 1.33. The van der Waals surface area contributed by atoms with Gasteiger partial charge in [0.2, 0.25) is 0 Å². The molecule has 0 saturated carbocycles. The first-order chi connectivity index (χ1) is 4.00. The van der Waals surface area contributed by atoms with Crippen LogP contribution >= 0.6 is 56.5 Å². The van der Waals surface area contributed by atoms with Gasteiger partial charge in [0.05, 0.1) is 0 Å². The van der Waals surface area contributed by atoms with Crippen LogP contribution in [0.1, 0.15) is 0 Å². The van der Waals surface area contributed by atoms with Crippen LogP contribution in [0.5, 0.6) is 0 Å². The van der Waals surface area contributed by atoms with E-state index in [1.54, 1.807) is 0 Å². The van der Waals surface area contributed by atoms with Crippen molar-refractivity contribution in [1.82, 2.24) is 0 Å². The average Bonchev–Trinajstić information content (AvgIpc) is 1.62. The molecular weight excluding hydrogens is 350 g/mol. The van der Waals surface area contributed by atoms with Gasteiger partial charge in [0, 0.05) is 0 Å². The summed E-state index contributed by atoms with van der Waals surface area (Å²) in [6.07, 6.45) is 0. The molecular formula is S6Se2. The van der Waals surface area contributed by atoms with Gasteiger partial charge in [-0.05, 0) is 0 Å². The van der Waals surface area contributed by atoms with Crippen molar-refractivity contribution in [1.29, 1.82) is 0 Å². The van der Waals surface area contributed by atoms with E-state index < -0.39 is 0 Å². The van der Waals surface area contributed by atoms with E-state index in [0.29, 0.717) is 0 Å². The van der Waals surface area contributed by atoms with Gasteiger partial charge in [-0.1, -0.05) is 0 Å². The molecule has 8 heavy (non-hydrogen) atoms. The Balaban J connectivity index is 2.00. The van der Waals surface area contributed by atoms with Crippen molar-refractivity contribution in [3.63, 3.8) is 0 Å². The summed E-state index contributed by atoms with van der Waals surface area (Å²) in [6.45, 7) is 0. The van der Waals surface area contributed by atoms with Gasteiger partial charge in [-0.25, -0.2) is 0 Å². The summed E-state index contributed by atoms with van der Waals surface area (Å²) in [5.74, 6) is 0. The molecule has 0 N–H and O–H groups in total. The fourth-order valence-corrected chi connectivity index (χ4v) is 45.2. The van der Waals surface area contributed by atoms with Gasteiger partial charge < -0.3 is 0 Å². The quantitative estimate of drug-likeness (QED) is 0.483. The molecule has 8 heteroatoms. The maximum absolute atomic E-state index is 2.02. The standard InChI is InChI=1S/S6Se2/c1-3-7-5-2-6-8-4-1. The third-order valence-corrected chi connectivity index (χ3v) is 31.2. The first-order valence-corrected chi connectivity index (χ1v) is 16.4. The Hall–Kier alpha value is 3.14. The van der Waals surface area contributed by atoms with Crippen LogP contribution in [-0.2, 0) is 0 Å². The molecule has 1 aliphatic heterocycles. The van der Waals surface area contributed by atoms with Crippen LogP contribution in [0.2, 0.25) is 0 Å². The fourth-order valence-electron chi connectivity index (χ4n) is 0.0907. The SMILES string of the molecule is S1S[Se]SSS[Se]S1. The van der Waals surface area contributed by atoms with Gasteiger partial charge in [-0.2, -0.15) is 0 Å². The Kier molecular flexibility index (Phi) is 7.87. The van der Waals surface area contributed by atoms with Crippen LogP contribution in [0.15, 0.2) is 0 Å². The van der Waals surface area contributed by atoms with Crippen molar-refractivity contribution in [3.05, 3.63) is 0 Å². The van der Waals surface area contributed by atoms with Gasteiger partial charge in [0.1, 0.15) is 0 Å². The molecule has 0 spiro atoms. The molecule has 0 aromatic carbocycles. The van der Waals surface area contributed by atoms with Crippen molar-refractivity contribution in [2.24, 2.45) is 0 Å². The Labute approximate surface area is 80.5 Å². The molecule has 1 fully saturated rings. The molecule has 1 heterocycles. The molecule has 0 amide bonds. The first kappa shape index (κ1) is 9.23. The van der Waals surface area contributed by atoms with Gasteiger partial charge >= 0.3 is 81.9 Å². The minimum absolute atomic E-state index is 0.756. The van der Waals surface area contributed by atoms with E-state index in [1.165, 1.54) is 0 Å². The van der Waals surface area contributed by atoms with Gasteiger partial charge in [0.25, 0.3) is 0 Å². The number of rotatable bonds is 0. The number of hydrogen-bond donors (Lipinski definition) is 0. The zero-order chi connectivity index (χ0) is 5.66. The van der Waals surface area contributed by atoms with Crippen LogP contribution in [0.25, 0.3) is 0 Å². The van der Waals surface area contributed by atoms with Crippen LogP contribution in [0, 0.1) is 0 Å². The molecule has 1 saturated heterocycles. The molecule has 1 rings (SSSR count). The van der Waals surface area contributed by atoms with Gasteiger partial charge in [-0.15, -0.1) is 0 Å². The Morgan fingerprint density at radius 1 is 0.625 bits per heavy atom. The van der Waals surface area contributed by atoms with E-state index in [9.17, 15) is 0 Å². The average molecular weight is 350 g/mol. The van der Waals surface area contributed by atoms with Crippen molar-refractivity contribution in [2.75, 3.05) is 0 Å². The van der Waals surface area contributed by atoms with E-state index in [4.69, 9.17) is 0 Å². The zero-order valence-corrected chi connectivity index (χ0v) is 11.6. The second-order valence-corrected chi connectivity index (χ2v) is 22.8. The molecule has 0 atom stereocenters. The molecule has 1 aliphatic rings. The molecule has 0 aromatic heterocycles. The summed E-state index contributed by atoms with van der Waals surface area (Å²) in [4.78, 5) is 0. The van der Waals surface area contributed by atoms with Crippen molar-refractivity contribution in [2.45, 2.75) is 0 Å². The minimum atomic E-state index is 0.756. The monoisotopic (exact) mass is 352 g/mol. The Bertz CT molecular complexity index is 30.5. The summed E-state index contributed by atoms with van der Waals surface area (Å²) in [7, 11) is 12.0. The summed E-state index contributed by atoms with van der Waals surface area (Å²) >= 11 is 1.51. The molecule has 0 unspecified atom stereocenters. The van der Waals surface area contributed by atoms with Crippen LogP contribution in [0.3, 0.4) is 0 Å². The summed E-state index contributed by atoms with van der Waals surface area (Å²) in [5.41, 5.74) is 0. The van der Waals surface area contributed by atoms with Crippen LogP contribution in [-0.4, -0.2) is 25.4 Å². The maximum atomic E-state index is 2.02. The number of hydrogen-bond acceptors (Lipinski definition) is 6. The predicted molar refractivity (Wildman–Crippen MR) is 57.1 cm³/mol. The van der Waals surface area contributed by atoms with E-state index in [0.717, 1.165) is 25.4 Å². The predicted octanol–water partition coefficient (Wildman–Crippen LogP) is 3.13. The molecule has 0 aromatic rings. The fraction of sp³-hybridized carbons (Fsp3) is 0. The third kappa shape index (κ3) is 4.88. The Morgan fingerprint density at radius 3 is 1.38 bits per heavy atom. The van der Waals surface area contributed by atoms with E-state index in [2.05, 4.69) is 0 Å². The second-order valence-electron chi connectivity index (χ2n) is 0.544. The van der Waals surface area contributed by atoms with Crippen molar-refractivity contribution in [3.8, 4) is 0 Å². The summed E-state index contributed by atoms with van der Waals surface area (Å²) in [6, 6.07) is 0. The van der Waals surface area contributed by atoms with E-state index in [1.807, 2.05) is 56.5 Å².